The van der Waals surface area contributed by atoms with E-state index in [0.29, 0.717) is 0 Å². The molecule has 1 aliphatic heterocycles. The van der Waals surface area contributed by atoms with Crippen LogP contribution in [-0.2, 0) is 6.18 Å². The van der Waals surface area contributed by atoms with E-state index in [1.54, 1.807) is 0 Å². The van der Waals surface area contributed by atoms with Gasteiger partial charge in [0.15, 0.2) is 10.8 Å². The average molecular weight is 367 g/mol. The molecule has 0 unspecified atom stereocenters. The molecule has 1 fully saturated rings. The van der Waals surface area contributed by atoms with Crippen molar-refractivity contribution in [3.63, 3.8) is 0 Å². The first-order valence-corrected chi connectivity index (χ1v) is 7.31. The number of anilines is 2. The molecular formula is C16H9F4N3OS. The van der Waals surface area contributed by atoms with Gasteiger partial charge < -0.3 is 0 Å². The maximum atomic E-state index is 13.0. The lowest BCUT2D eigenvalue weighted by Crippen LogP contribution is -2.33. The third-order valence-corrected chi connectivity index (χ3v) is 3.93. The number of carbonyl (C=O) groups excluding carboxylic acids is 1. The highest BCUT2D eigenvalue weighted by Crippen LogP contribution is 2.32. The van der Waals surface area contributed by atoms with E-state index in [1.807, 2.05) is 0 Å². The van der Waals surface area contributed by atoms with Gasteiger partial charge in [0.25, 0.3) is 0 Å². The fourth-order valence-electron chi connectivity index (χ4n) is 2.34. The summed E-state index contributed by atoms with van der Waals surface area (Å²) in [4.78, 5) is 14.4. The number of urea groups is 1. The topological polar surface area (TPSA) is 47.4 Å². The Balaban J connectivity index is 1.95. The second-order valence-corrected chi connectivity index (χ2v) is 5.51. The van der Waals surface area contributed by atoms with Gasteiger partial charge in [-0.3, -0.25) is 5.41 Å². The molecule has 0 spiro atoms. The summed E-state index contributed by atoms with van der Waals surface area (Å²) in [5, 5.41) is 8.00. The third-order valence-electron chi connectivity index (χ3n) is 3.55. The normalized spacial score (nSPS) is 15.3. The molecule has 2 aromatic rings. The molecule has 0 saturated carbocycles. The predicted molar refractivity (Wildman–Crippen MR) is 88.5 cm³/mol. The summed E-state index contributed by atoms with van der Waals surface area (Å²) >= 11 is 5.07. The number of amides is 2. The fourth-order valence-corrected chi connectivity index (χ4v) is 2.62. The zero-order valence-electron chi connectivity index (χ0n) is 12.3. The Morgan fingerprint density at radius 1 is 0.880 bits per heavy atom. The maximum Gasteiger partial charge on any atom is 0.416 e. The summed E-state index contributed by atoms with van der Waals surface area (Å²) in [6.45, 7) is 0. The molecule has 0 aliphatic carbocycles. The van der Waals surface area contributed by atoms with Crippen LogP contribution >= 0.6 is 12.2 Å². The largest absolute Gasteiger partial charge is 0.416 e. The van der Waals surface area contributed by atoms with E-state index in [1.165, 1.54) is 12.1 Å². The summed E-state index contributed by atoms with van der Waals surface area (Å²) in [6.07, 6.45) is -4.50. The molecule has 2 aromatic carbocycles. The zero-order valence-corrected chi connectivity index (χ0v) is 13.2. The summed E-state index contributed by atoms with van der Waals surface area (Å²) in [7, 11) is 0. The van der Waals surface area contributed by atoms with Crippen LogP contribution in [0.25, 0.3) is 0 Å². The van der Waals surface area contributed by atoms with Crippen molar-refractivity contribution in [2.45, 2.75) is 6.18 Å². The Bertz CT molecular complexity index is 862. The highest BCUT2D eigenvalue weighted by molar-refractivity contribution is 7.82. The van der Waals surface area contributed by atoms with Gasteiger partial charge in [-0.25, -0.2) is 19.0 Å². The van der Waals surface area contributed by atoms with Crippen molar-refractivity contribution >= 4 is 40.4 Å². The number of thiocarbonyl (C=S) groups is 1. The van der Waals surface area contributed by atoms with Gasteiger partial charge in [0, 0.05) is 0 Å². The molecule has 0 radical (unpaired) electrons. The second kappa shape index (κ2) is 5.92. The Morgan fingerprint density at radius 2 is 1.36 bits per heavy atom. The van der Waals surface area contributed by atoms with Crippen molar-refractivity contribution in [3.8, 4) is 0 Å². The molecule has 25 heavy (non-hydrogen) atoms. The minimum Gasteiger partial charge on any atom is -0.281 e. The van der Waals surface area contributed by atoms with Crippen LogP contribution in [0.1, 0.15) is 5.56 Å². The lowest BCUT2D eigenvalue weighted by atomic mass is 10.2. The number of carbonyl (C=O) groups is 1. The van der Waals surface area contributed by atoms with E-state index >= 15 is 0 Å². The quantitative estimate of drug-likeness (QED) is 0.623. The second-order valence-electron chi connectivity index (χ2n) is 5.13. The number of hydrogen-bond donors (Lipinski definition) is 1. The molecule has 0 aromatic heterocycles. The molecule has 0 atom stereocenters. The molecule has 9 heteroatoms. The Hall–Kier alpha value is -2.81. The van der Waals surface area contributed by atoms with Crippen LogP contribution < -0.4 is 9.80 Å². The number of hydrogen-bond acceptors (Lipinski definition) is 3. The molecule has 128 valence electrons. The monoisotopic (exact) mass is 367 g/mol. The zero-order chi connectivity index (χ0) is 18.4. The molecular weight excluding hydrogens is 358 g/mol. The van der Waals surface area contributed by atoms with Gasteiger partial charge in [0.1, 0.15) is 5.82 Å². The molecule has 1 saturated heterocycles. The predicted octanol–water partition coefficient (Wildman–Crippen LogP) is 4.60. The van der Waals surface area contributed by atoms with Crippen molar-refractivity contribution in [2.75, 3.05) is 9.80 Å². The van der Waals surface area contributed by atoms with Gasteiger partial charge in [-0.1, -0.05) is 12.2 Å². The van der Waals surface area contributed by atoms with Crippen LogP contribution in [0.3, 0.4) is 0 Å². The van der Waals surface area contributed by atoms with Crippen LogP contribution in [0.2, 0.25) is 0 Å². The van der Waals surface area contributed by atoms with Crippen molar-refractivity contribution in [2.24, 2.45) is 0 Å². The number of nitrogens with one attached hydrogen (secondary N) is 1. The summed E-state index contributed by atoms with van der Waals surface area (Å²) in [5.74, 6) is -0.824. The van der Waals surface area contributed by atoms with Crippen molar-refractivity contribution in [3.05, 3.63) is 59.9 Å². The van der Waals surface area contributed by atoms with Crippen molar-refractivity contribution in [1.82, 2.24) is 0 Å². The van der Waals surface area contributed by atoms with Gasteiger partial charge >= 0.3 is 12.2 Å². The Morgan fingerprint density at radius 3 is 1.88 bits per heavy atom. The molecule has 1 aliphatic rings. The highest BCUT2D eigenvalue weighted by atomic mass is 32.1. The van der Waals surface area contributed by atoms with Crippen molar-refractivity contribution in [1.29, 1.82) is 5.41 Å². The van der Waals surface area contributed by atoms with Gasteiger partial charge in [0.2, 0.25) is 0 Å². The highest BCUT2D eigenvalue weighted by Gasteiger charge is 2.41. The first kappa shape index (κ1) is 17.0. The smallest absolute Gasteiger partial charge is 0.281 e. The fraction of sp³-hybridized carbons (Fsp3) is 0.0625. The van der Waals surface area contributed by atoms with E-state index in [2.05, 4.69) is 0 Å². The maximum absolute atomic E-state index is 13.0. The van der Waals surface area contributed by atoms with Crippen LogP contribution in [-0.4, -0.2) is 16.9 Å². The van der Waals surface area contributed by atoms with E-state index < -0.39 is 23.6 Å². The molecule has 1 heterocycles. The van der Waals surface area contributed by atoms with Crippen LogP contribution in [0.4, 0.5) is 33.7 Å². The minimum absolute atomic E-state index is 0.109. The average Bonchev–Trinajstić information content (AvgIpc) is 2.78. The number of nitrogens with zero attached hydrogens (tertiary/aromatic N) is 2. The van der Waals surface area contributed by atoms with Crippen molar-refractivity contribution < 1.29 is 22.4 Å². The minimum atomic E-state index is -4.50. The summed E-state index contributed by atoms with van der Waals surface area (Å²) in [6, 6.07) is 8.01. The van der Waals surface area contributed by atoms with E-state index in [0.717, 1.165) is 46.2 Å². The Labute approximate surface area is 144 Å². The van der Waals surface area contributed by atoms with Gasteiger partial charge in [-0.2, -0.15) is 13.2 Å². The summed E-state index contributed by atoms with van der Waals surface area (Å²) in [5.41, 5.74) is -0.523. The SMILES string of the molecule is N=C1C(=S)N(c2ccc(C(F)(F)F)cc2)C(=O)N1c1ccc(F)cc1. The number of halogens is 4. The van der Waals surface area contributed by atoms with E-state index in [4.69, 9.17) is 17.6 Å². The first-order valence-electron chi connectivity index (χ1n) is 6.90. The molecule has 3 rings (SSSR count). The lowest BCUT2D eigenvalue weighted by molar-refractivity contribution is -0.137. The molecule has 0 bridgehead atoms. The summed E-state index contributed by atoms with van der Waals surface area (Å²) < 4.78 is 51.0. The number of rotatable bonds is 2. The molecule has 1 N–H and O–H groups in total. The molecule has 4 nitrogen and oxygen atoms in total. The molecule has 2 amide bonds. The van der Waals surface area contributed by atoms with Crippen LogP contribution in [0.15, 0.2) is 48.5 Å². The number of amidine groups is 1. The first-order chi connectivity index (χ1) is 11.7. The number of alkyl halides is 3. The van der Waals surface area contributed by atoms with Gasteiger partial charge in [-0.05, 0) is 48.5 Å². The lowest BCUT2D eigenvalue weighted by Gasteiger charge is -2.17. The Kier molecular flexibility index (Phi) is 4.03. The van der Waals surface area contributed by atoms with Gasteiger partial charge in [0.05, 0.1) is 16.9 Å². The van der Waals surface area contributed by atoms with E-state index in [9.17, 15) is 22.4 Å². The third kappa shape index (κ3) is 2.98. The van der Waals surface area contributed by atoms with Crippen LogP contribution in [0.5, 0.6) is 0 Å². The van der Waals surface area contributed by atoms with Crippen LogP contribution in [0, 0.1) is 11.2 Å². The van der Waals surface area contributed by atoms with E-state index in [-0.39, 0.29) is 22.2 Å². The standard InChI is InChI=1S/C16H9F4N3OS/c17-10-3-7-11(8-4-10)22-13(21)14(25)23(15(22)24)12-5-1-9(2-6-12)16(18,19)20/h1-8,21H. The number of benzene rings is 2. The van der Waals surface area contributed by atoms with Gasteiger partial charge in [-0.15, -0.1) is 0 Å².